The van der Waals surface area contributed by atoms with Gasteiger partial charge in [-0.15, -0.1) is 0 Å². The molecule has 0 bridgehead atoms. The van der Waals surface area contributed by atoms with Crippen LogP contribution in [-0.2, 0) is 12.7 Å². The summed E-state index contributed by atoms with van der Waals surface area (Å²) in [7, 11) is 0. The molecule has 2 aromatic rings. The van der Waals surface area contributed by atoms with Crippen LogP contribution in [0.2, 0.25) is 0 Å². The number of alkyl halides is 3. The summed E-state index contributed by atoms with van der Waals surface area (Å²) in [4.78, 5) is 0. The molecule has 0 aliphatic rings. The molecule has 2 rings (SSSR count). The fourth-order valence-corrected chi connectivity index (χ4v) is 1.99. The molecule has 0 radical (unpaired) electrons. The minimum atomic E-state index is -4.35. The third kappa shape index (κ3) is 3.68. The molecule has 6 heteroatoms. The van der Waals surface area contributed by atoms with Crippen LogP contribution < -0.4 is 0 Å². The zero-order valence-corrected chi connectivity index (χ0v) is 12.7. The monoisotopic (exact) mass is 312 g/mol. The fourth-order valence-electron chi connectivity index (χ4n) is 1.99. The lowest BCUT2D eigenvalue weighted by molar-refractivity contribution is -0.137. The summed E-state index contributed by atoms with van der Waals surface area (Å²) in [5, 5.41) is 14.3. The van der Waals surface area contributed by atoms with E-state index in [2.05, 4.69) is 5.10 Å². The summed E-state index contributed by atoms with van der Waals surface area (Å²) in [6.07, 6.45) is -3.38. The van der Waals surface area contributed by atoms with Crippen LogP contribution in [0.3, 0.4) is 0 Å². The first kappa shape index (κ1) is 16.5. The van der Waals surface area contributed by atoms with Gasteiger partial charge in [0.2, 0.25) is 0 Å². The summed E-state index contributed by atoms with van der Waals surface area (Å²) in [6, 6.07) is 6.65. The van der Waals surface area contributed by atoms with Crippen LogP contribution in [0.15, 0.2) is 36.5 Å². The number of aliphatic hydroxyl groups excluding tert-OH is 1. The number of rotatable bonds is 3. The molecule has 0 fully saturated rings. The second-order valence-corrected chi connectivity index (χ2v) is 6.36. The first-order chi connectivity index (χ1) is 10.1. The third-order valence-corrected chi connectivity index (χ3v) is 3.57. The van der Waals surface area contributed by atoms with Crippen molar-refractivity contribution in [1.82, 2.24) is 9.78 Å². The molecule has 0 aliphatic carbocycles. The minimum absolute atomic E-state index is 0.285. The van der Waals surface area contributed by atoms with Crippen molar-refractivity contribution in [3.63, 3.8) is 0 Å². The highest BCUT2D eigenvalue weighted by Gasteiger charge is 2.30. The van der Waals surface area contributed by atoms with Gasteiger partial charge in [-0.25, -0.2) is 0 Å². The van der Waals surface area contributed by atoms with Gasteiger partial charge in [-0.2, -0.15) is 18.3 Å². The van der Waals surface area contributed by atoms with Crippen LogP contribution in [0.25, 0.3) is 11.3 Å². The van der Waals surface area contributed by atoms with Gasteiger partial charge in [0.25, 0.3) is 0 Å². The van der Waals surface area contributed by atoms with Crippen molar-refractivity contribution in [3.8, 4) is 11.3 Å². The van der Waals surface area contributed by atoms with Gasteiger partial charge in [0, 0.05) is 6.20 Å². The summed E-state index contributed by atoms with van der Waals surface area (Å²) >= 11 is 0. The quantitative estimate of drug-likeness (QED) is 0.931. The minimum Gasteiger partial charge on any atom is -0.391 e. The van der Waals surface area contributed by atoms with Gasteiger partial charge in [0.05, 0.1) is 23.9 Å². The Bertz CT molecular complexity index is 624. The lowest BCUT2D eigenvalue weighted by Crippen LogP contribution is -2.31. The highest BCUT2D eigenvalue weighted by molar-refractivity contribution is 5.59. The molecule has 0 spiro atoms. The van der Waals surface area contributed by atoms with Gasteiger partial charge >= 0.3 is 6.18 Å². The summed E-state index contributed by atoms with van der Waals surface area (Å²) in [5.74, 6) is 0. The Morgan fingerprint density at radius 1 is 1.09 bits per heavy atom. The van der Waals surface area contributed by atoms with Gasteiger partial charge in [-0.05, 0) is 29.2 Å². The van der Waals surface area contributed by atoms with Crippen LogP contribution >= 0.6 is 0 Å². The predicted octanol–water partition coefficient (Wildman–Crippen LogP) is 3.98. The van der Waals surface area contributed by atoms with E-state index in [9.17, 15) is 18.3 Å². The third-order valence-electron chi connectivity index (χ3n) is 3.57. The molecule has 0 aliphatic heterocycles. The molecule has 1 aromatic carbocycles. The number of benzene rings is 1. The lowest BCUT2D eigenvalue weighted by atomic mass is 9.89. The zero-order chi connectivity index (χ0) is 16.5. The average molecular weight is 312 g/mol. The van der Waals surface area contributed by atoms with E-state index >= 15 is 0 Å². The van der Waals surface area contributed by atoms with E-state index in [1.807, 2.05) is 20.8 Å². The second kappa shape index (κ2) is 5.76. The topological polar surface area (TPSA) is 38.0 Å². The number of halogens is 3. The van der Waals surface area contributed by atoms with Crippen LogP contribution in [0.1, 0.15) is 26.3 Å². The van der Waals surface area contributed by atoms with E-state index in [1.165, 1.54) is 12.1 Å². The SMILES string of the molecule is CC(C)(C)C(O)Cn1nccc1-c1ccc(C(F)(F)F)cc1. The van der Waals surface area contributed by atoms with Gasteiger partial charge in [0.1, 0.15) is 0 Å². The van der Waals surface area contributed by atoms with Crippen LogP contribution in [0.5, 0.6) is 0 Å². The normalized spacial score (nSPS) is 14.1. The maximum Gasteiger partial charge on any atom is 0.416 e. The van der Waals surface area contributed by atoms with E-state index in [1.54, 1.807) is 16.9 Å². The zero-order valence-electron chi connectivity index (χ0n) is 12.7. The Morgan fingerprint density at radius 3 is 2.18 bits per heavy atom. The van der Waals surface area contributed by atoms with Crippen LogP contribution in [-0.4, -0.2) is 21.0 Å². The molecule has 0 saturated heterocycles. The lowest BCUT2D eigenvalue weighted by Gasteiger charge is -2.26. The van der Waals surface area contributed by atoms with E-state index in [0.717, 1.165) is 12.1 Å². The maximum atomic E-state index is 12.6. The van der Waals surface area contributed by atoms with Crippen molar-refractivity contribution in [2.75, 3.05) is 0 Å². The Kier molecular flexibility index (Phi) is 4.33. The van der Waals surface area contributed by atoms with Crippen molar-refractivity contribution in [3.05, 3.63) is 42.1 Å². The molecule has 1 N–H and O–H groups in total. The molecular formula is C16H19F3N2O. The highest BCUT2D eigenvalue weighted by Crippen LogP contribution is 2.31. The summed E-state index contributed by atoms with van der Waals surface area (Å²) < 4.78 is 39.4. The van der Waals surface area contributed by atoms with E-state index in [0.29, 0.717) is 11.3 Å². The van der Waals surface area contributed by atoms with Gasteiger partial charge in [-0.3, -0.25) is 4.68 Å². The van der Waals surface area contributed by atoms with Crippen molar-refractivity contribution in [2.45, 2.75) is 39.6 Å². The molecular weight excluding hydrogens is 293 g/mol. The van der Waals surface area contributed by atoms with E-state index < -0.39 is 17.8 Å². The fraction of sp³-hybridized carbons (Fsp3) is 0.438. The number of hydrogen-bond acceptors (Lipinski definition) is 2. The summed E-state index contributed by atoms with van der Waals surface area (Å²) in [5.41, 5.74) is 0.323. The Morgan fingerprint density at radius 2 is 1.68 bits per heavy atom. The van der Waals surface area contributed by atoms with Gasteiger partial charge < -0.3 is 5.11 Å². The van der Waals surface area contributed by atoms with Crippen molar-refractivity contribution >= 4 is 0 Å². The molecule has 1 unspecified atom stereocenters. The molecule has 120 valence electrons. The number of aliphatic hydroxyl groups is 1. The molecule has 0 amide bonds. The van der Waals surface area contributed by atoms with Crippen molar-refractivity contribution in [2.24, 2.45) is 5.41 Å². The molecule has 0 saturated carbocycles. The molecule has 22 heavy (non-hydrogen) atoms. The Hall–Kier alpha value is -1.82. The standard InChI is InChI=1S/C16H19F3N2O/c1-15(2,3)14(22)10-21-13(8-9-20-21)11-4-6-12(7-5-11)16(17,18)19/h4-9,14,22H,10H2,1-3H3. The first-order valence-corrected chi connectivity index (χ1v) is 6.96. The second-order valence-electron chi connectivity index (χ2n) is 6.36. The molecule has 1 heterocycles. The average Bonchev–Trinajstić information content (AvgIpc) is 2.85. The predicted molar refractivity (Wildman–Crippen MR) is 78.1 cm³/mol. The number of nitrogens with zero attached hydrogens (tertiary/aromatic N) is 2. The van der Waals surface area contributed by atoms with Gasteiger partial charge in [0.15, 0.2) is 0 Å². The highest BCUT2D eigenvalue weighted by atomic mass is 19.4. The Balaban J connectivity index is 2.26. The number of hydrogen-bond donors (Lipinski definition) is 1. The largest absolute Gasteiger partial charge is 0.416 e. The van der Waals surface area contributed by atoms with Crippen LogP contribution in [0.4, 0.5) is 13.2 Å². The first-order valence-electron chi connectivity index (χ1n) is 6.96. The molecule has 1 atom stereocenters. The summed E-state index contributed by atoms with van der Waals surface area (Å²) in [6.45, 7) is 6.03. The smallest absolute Gasteiger partial charge is 0.391 e. The molecule has 3 nitrogen and oxygen atoms in total. The Labute approximate surface area is 127 Å². The van der Waals surface area contributed by atoms with Crippen molar-refractivity contribution < 1.29 is 18.3 Å². The molecule has 1 aromatic heterocycles. The van der Waals surface area contributed by atoms with Crippen LogP contribution in [0, 0.1) is 5.41 Å². The number of aromatic nitrogens is 2. The van der Waals surface area contributed by atoms with Crippen molar-refractivity contribution in [1.29, 1.82) is 0 Å². The maximum absolute atomic E-state index is 12.6. The van der Waals surface area contributed by atoms with E-state index in [-0.39, 0.29) is 12.0 Å². The van der Waals surface area contributed by atoms with E-state index in [4.69, 9.17) is 0 Å². The van der Waals surface area contributed by atoms with Gasteiger partial charge in [-0.1, -0.05) is 32.9 Å².